The van der Waals surface area contributed by atoms with Crippen molar-refractivity contribution in [3.8, 4) is 11.4 Å². The van der Waals surface area contributed by atoms with Gasteiger partial charge in [0.2, 0.25) is 0 Å². The second-order valence-corrected chi connectivity index (χ2v) is 3.36. The maximum atomic E-state index is 5.79. The van der Waals surface area contributed by atoms with Crippen LogP contribution in [0.2, 0.25) is 0 Å². The Morgan fingerprint density at radius 3 is 2.80 bits per heavy atom. The van der Waals surface area contributed by atoms with Crippen molar-refractivity contribution in [2.45, 2.75) is 19.9 Å². The molecule has 2 rings (SSSR count). The molecule has 2 aromatic heterocycles. The van der Waals surface area contributed by atoms with Crippen molar-refractivity contribution in [1.82, 2.24) is 19.2 Å². The van der Waals surface area contributed by atoms with E-state index in [0.29, 0.717) is 11.5 Å². The number of nitrogens with zero attached hydrogens (tertiary/aromatic N) is 4. The molecule has 6 nitrogen and oxygen atoms in total. The monoisotopic (exact) mass is 206 g/mol. The highest BCUT2D eigenvalue weighted by atomic mass is 15.3. The predicted molar refractivity (Wildman–Crippen MR) is 58.3 cm³/mol. The number of aromatic nitrogens is 4. The Bertz CT molecular complexity index is 455. The van der Waals surface area contributed by atoms with Crippen LogP contribution in [-0.4, -0.2) is 19.2 Å². The molecule has 4 N–H and O–H groups in total. The number of aryl methyl sites for hydroxylation is 1. The zero-order chi connectivity index (χ0) is 10.8. The molecule has 6 heteroatoms. The standard InChI is InChI=1S/C9H14N6/c1-2-3-14-5-12-4-7(14)8-9(10)15(11)6-13-8/h4-6H,2-3,10-11H2,1H3. The SMILES string of the molecule is CCCn1cncc1-c1ncn(N)c1N. The number of nitrogens with two attached hydrogens (primary N) is 2. The maximum Gasteiger partial charge on any atom is 0.152 e. The van der Waals surface area contributed by atoms with Gasteiger partial charge in [0.05, 0.1) is 18.2 Å². The summed E-state index contributed by atoms with van der Waals surface area (Å²) in [6, 6.07) is 0. The lowest BCUT2D eigenvalue weighted by atomic mass is 10.3. The molecule has 0 aromatic carbocycles. The Balaban J connectivity index is 2.44. The van der Waals surface area contributed by atoms with Crippen molar-refractivity contribution in [3.05, 3.63) is 18.9 Å². The number of hydrogen-bond acceptors (Lipinski definition) is 4. The van der Waals surface area contributed by atoms with Crippen LogP contribution < -0.4 is 11.6 Å². The van der Waals surface area contributed by atoms with Gasteiger partial charge in [-0.3, -0.25) is 0 Å². The van der Waals surface area contributed by atoms with E-state index >= 15 is 0 Å². The normalized spacial score (nSPS) is 10.7. The molecule has 0 saturated carbocycles. The minimum absolute atomic E-state index is 0.452. The molecule has 0 unspecified atom stereocenters. The number of rotatable bonds is 3. The molecule has 15 heavy (non-hydrogen) atoms. The third kappa shape index (κ3) is 1.54. The average Bonchev–Trinajstić information content (AvgIpc) is 2.77. The lowest BCUT2D eigenvalue weighted by Crippen LogP contribution is -2.10. The summed E-state index contributed by atoms with van der Waals surface area (Å²) in [6.45, 7) is 3.00. The molecule has 0 amide bonds. The van der Waals surface area contributed by atoms with E-state index in [4.69, 9.17) is 11.6 Å². The molecule has 0 bridgehead atoms. The van der Waals surface area contributed by atoms with E-state index in [-0.39, 0.29) is 0 Å². The Morgan fingerprint density at radius 2 is 2.20 bits per heavy atom. The molecular formula is C9H14N6. The van der Waals surface area contributed by atoms with Crippen LogP contribution in [0.25, 0.3) is 11.4 Å². The summed E-state index contributed by atoms with van der Waals surface area (Å²) in [5, 5.41) is 0. The molecule has 0 fully saturated rings. The van der Waals surface area contributed by atoms with Gasteiger partial charge in [0.15, 0.2) is 5.82 Å². The van der Waals surface area contributed by atoms with E-state index in [1.807, 2.05) is 4.57 Å². The third-order valence-electron chi connectivity index (χ3n) is 2.25. The van der Waals surface area contributed by atoms with Crippen LogP contribution in [-0.2, 0) is 6.54 Å². The summed E-state index contributed by atoms with van der Waals surface area (Å²) < 4.78 is 3.32. The lowest BCUT2D eigenvalue weighted by molar-refractivity contribution is 0.683. The van der Waals surface area contributed by atoms with Gasteiger partial charge in [-0.1, -0.05) is 6.92 Å². The fraction of sp³-hybridized carbons (Fsp3) is 0.333. The van der Waals surface area contributed by atoms with Crippen LogP contribution >= 0.6 is 0 Å². The summed E-state index contributed by atoms with van der Waals surface area (Å²) in [5.41, 5.74) is 7.38. The van der Waals surface area contributed by atoms with Gasteiger partial charge < -0.3 is 16.1 Å². The quantitative estimate of drug-likeness (QED) is 0.714. The van der Waals surface area contributed by atoms with Crippen LogP contribution in [0.5, 0.6) is 0 Å². The first-order valence-corrected chi connectivity index (χ1v) is 4.82. The number of imidazole rings is 2. The minimum Gasteiger partial charge on any atom is -0.382 e. The van der Waals surface area contributed by atoms with Gasteiger partial charge in [-0.2, -0.15) is 0 Å². The van der Waals surface area contributed by atoms with Crippen LogP contribution in [0.3, 0.4) is 0 Å². The molecule has 0 aliphatic carbocycles. The van der Waals surface area contributed by atoms with Crippen molar-refractivity contribution in [2.24, 2.45) is 0 Å². The van der Waals surface area contributed by atoms with Gasteiger partial charge in [-0.05, 0) is 6.42 Å². The number of hydrogen-bond donors (Lipinski definition) is 2. The summed E-state index contributed by atoms with van der Waals surface area (Å²) in [7, 11) is 0. The first-order chi connectivity index (χ1) is 7.24. The molecule has 0 spiro atoms. The fourth-order valence-electron chi connectivity index (χ4n) is 1.50. The van der Waals surface area contributed by atoms with Crippen LogP contribution in [0.4, 0.5) is 5.82 Å². The van der Waals surface area contributed by atoms with E-state index in [2.05, 4.69) is 16.9 Å². The van der Waals surface area contributed by atoms with E-state index in [1.54, 1.807) is 12.5 Å². The lowest BCUT2D eigenvalue weighted by Gasteiger charge is -2.04. The van der Waals surface area contributed by atoms with E-state index in [9.17, 15) is 0 Å². The van der Waals surface area contributed by atoms with Crippen molar-refractivity contribution in [3.63, 3.8) is 0 Å². The van der Waals surface area contributed by atoms with Crippen LogP contribution in [0.1, 0.15) is 13.3 Å². The van der Waals surface area contributed by atoms with E-state index in [0.717, 1.165) is 18.7 Å². The molecule has 0 aliphatic heterocycles. The molecular weight excluding hydrogens is 192 g/mol. The highest BCUT2D eigenvalue weighted by Gasteiger charge is 2.12. The largest absolute Gasteiger partial charge is 0.382 e. The first kappa shape index (κ1) is 9.57. The Hall–Kier alpha value is -1.98. The van der Waals surface area contributed by atoms with E-state index in [1.165, 1.54) is 11.0 Å². The number of nitrogen functional groups attached to an aromatic ring is 2. The molecule has 0 aliphatic rings. The van der Waals surface area contributed by atoms with Gasteiger partial charge in [0, 0.05) is 6.54 Å². The number of anilines is 1. The topological polar surface area (TPSA) is 87.7 Å². The summed E-state index contributed by atoms with van der Waals surface area (Å²) in [5.74, 6) is 6.02. The zero-order valence-electron chi connectivity index (χ0n) is 8.59. The van der Waals surface area contributed by atoms with Crippen LogP contribution in [0, 0.1) is 0 Å². The minimum atomic E-state index is 0.452. The van der Waals surface area contributed by atoms with E-state index < -0.39 is 0 Å². The molecule has 80 valence electrons. The smallest absolute Gasteiger partial charge is 0.152 e. The van der Waals surface area contributed by atoms with Crippen molar-refractivity contribution >= 4 is 5.82 Å². The third-order valence-corrected chi connectivity index (χ3v) is 2.25. The Kier molecular flexibility index (Phi) is 2.32. The Labute approximate surface area is 87.5 Å². The molecule has 2 aromatic rings. The highest BCUT2D eigenvalue weighted by Crippen LogP contribution is 2.22. The van der Waals surface area contributed by atoms with Crippen LogP contribution in [0.15, 0.2) is 18.9 Å². The zero-order valence-corrected chi connectivity index (χ0v) is 8.59. The van der Waals surface area contributed by atoms with Gasteiger partial charge in [0.1, 0.15) is 12.0 Å². The van der Waals surface area contributed by atoms with Crippen molar-refractivity contribution in [2.75, 3.05) is 11.6 Å². The van der Waals surface area contributed by atoms with Crippen molar-refractivity contribution < 1.29 is 0 Å². The Morgan fingerprint density at radius 1 is 1.40 bits per heavy atom. The summed E-state index contributed by atoms with van der Waals surface area (Å²) in [6.07, 6.45) is 6.04. The van der Waals surface area contributed by atoms with Gasteiger partial charge in [0.25, 0.3) is 0 Å². The molecule has 0 saturated heterocycles. The van der Waals surface area contributed by atoms with Gasteiger partial charge in [-0.25, -0.2) is 14.6 Å². The first-order valence-electron chi connectivity index (χ1n) is 4.82. The maximum absolute atomic E-state index is 5.79. The molecule has 0 radical (unpaired) electrons. The predicted octanol–water partition coefficient (Wildman–Crippen LogP) is 0.453. The highest BCUT2D eigenvalue weighted by molar-refractivity contribution is 5.67. The summed E-state index contributed by atoms with van der Waals surface area (Å²) >= 11 is 0. The average molecular weight is 206 g/mol. The molecule has 0 atom stereocenters. The van der Waals surface area contributed by atoms with Gasteiger partial charge in [-0.15, -0.1) is 0 Å². The second-order valence-electron chi connectivity index (χ2n) is 3.36. The van der Waals surface area contributed by atoms with Crippen molar-refractivity contribution in [1.29, 1.82) is 0 Å². The summed E-state index contributed by atoms with van der Waals surface area (Å²) in [4.78, 5) is 8.24. The van der Waals surface area contributed by atoms with Gasteiger partial charge >= 0.3 is 0 Å². The molecule has 2 heterocycles. The fourth-order valence-corrected chi connectivity index (χ4v) is 1.50. The second kappa shape index (κ2) is 3.64.